The van der Waals surface area contributed by atoms with Crippen molar-refractivity contribution in [1.29, 1.82) is 0 Å². The predicted octanol–water partition coefficient (Wildman–Crippen LogP) is 2.03. The maximum atomic E-state index is 12.2. The van der Waals surface area contributed by atoms with Crippen LogP contribution >= 0.6 is 23.2 Å². The number of likely N-dealkylation sites (tertiary alicyclic amines) is 1. The summed E-state index contributed by atoms with van der Waals surface area (Å²) < 4.78 is 5.26. The Hall–Kier alpha value is -0.910. The molecule has 2 heterocycles. The lowest BCUT2D eigenvalue weighted by Crippen LogP contribution is -2.40. The lowest BCUT2D eigenvalue weighted by molar-refractivity contribution is 0.0350. The van der Waals surface area contributed by atoms with Gasteiger partial charge in [-0.25, -0.2) is 0 Å². The predicted molar refractivity (Wildman–Crippen MR) is 68.0 cm³/mol. The summed E-state index contributed by atoms with van der Waals surface area (Å²) in [5.41, 5.74) is 0.299. The number of piperidine rings is 1. The number of nitrogens with zero attached hydrogens (tertiary/aromatic N) is 3. The quantitative estimate of drug-likeness (QED) is 0.836. The van der Waals surface area contributed by atoms with Crippen molar-refractivity contribution in [1.82, 2.24) is 15.1 Å². The first kappa shape index (κ1) is 13.5. The van der Waals surface area contributed by atoms with E-state index in [2.05, 4.69) is 10.2 Å². The third-order valence-electron chi connectivity index (χ3n) is 3.01. The van der Waals surface area contributed by atoms with Gasteiger partial charge in [-0.1, -0.05) is 23.2 Å². The Kier molecular flexibility index (Phi) is 4.37. The van der Waals surface area contributed by atoms with Gasteiger partial charge in [0.1, 0.15) is 0 Å². The minimum absolute atomic E-state index is 0.0817. The second-order valence-electron chi connectivity index (χ2n) is 4.10. The standard InChI is InChI=1S/C11H13Cl2N3O2/c1-18-7-2-4-16(5-3-7)11(17)8-6-9(12)14-15-10(8)13/h6-7H,2-5H2,1H3. The van der Waals surface area contributed by atoms with Crippen LogP contribution in [0.4, 0.5) is 0 Å². The lowest BCUT2D eigenvalue weighted by Gasteiger charge is -2.31. The molecule has 1 aromatic rings. The van der Waals surface area contributed by atoms with Crippen molar-refractivity contribution in [2.75, 3.05) is 20.2 Å². The van der Waals surface area contributed by atoms with Crippen LogP contribution in [0.3, 0.4) is 0 Å². The molecular weight excluding hydrogens is 277 g/mol. The van der Waals surface area contributed by atoms with Crippen LogP contribution < -0.4 is 0 Å². The van der Waals surface area contributed by atoms with Gasteiger partial charge in [-0.3, -0.25) is 4.79 Å². The van der Waals surface area contributed by atoms with Crippen LogP contribution in [0.15, 0.2) is 6.07 Å². The van der Waals surface area contributed by atoms with E-state index in [0.717, 1.165) is 12.8 Å². The van der Waals surface area contributed by atoms with E-state index in [9.17, 15) is 4.79 Å². The van der Waals surface area contributed by atoms with E-state index in [0.29, 0.717) is 18.7 Å². The third kappa shape index (κ3) is 2.91. The van der Waals surface area contributed by atoms with E-state index in [1.165, 1.54) is 6.07 Å². The van der Waals surface area contributed by atoms with Crippen molar-refractivity contribution in [2.24, 2.45) is 0 Å². The number of hydrogen-bond acceptors (Lipinski definition) is 4. The third-order valence-corrected chi connectivity index (χ3v) is 3.48. The van der Waals surface area contributed by atoms with Crippen molar-refractivity contribution < 1.29 is 9.53 Å². The average molecular weight is 290 g/mol. The molecule has 0 aliphatic carbocycles. The topological polar surface area (TPSA) is 55.3 Å². The van der Waals surface area contributed by atoms with Crippen molar-refractivity contribution in [3.05, 3.63) is 21.9 Å². The highest BCUT2D eigenvalue weighted by Gasteiger charge is 2.25. The maximum Gasteiger partial charge on any atom is 0.257 e. The Balaban J connectivity index is 2.10. The van der Waals surface area contributed by atoms with Gasteiger partial charge in [-0.15, -0.1) is 10.2 Å². The molecule has 1 aliphatic rings. The van der Waals surface area contributed by atoms with Crippen molar-refractivity contribution in [3.8, 4) is 0 Å². The number of methoxy groups -OCH3 is 1. The number of rotatable bonds is 2. The first-order valence-corrected chi connectivity index (χ1v) is 6.38. The smallest absolute Gasteiger partial charge is 0.257 e. The molecule has 0 aromatic carbocycles. The molecule has 98 valence electrons. The fraction of sp³-hybridized carbons (Fsp3) is 0.545. The molecule has 0 N–H and O–H groups in total. The molecule has 2 rings (SSSR count). The van der Waals surface area contributed by atoms with Gasteiger partial charge in [0, 0.05) is 20.2 Å². The molecule has 0 bridgehead atoms. The average Bonchev–Trinajstić information content (AvgIpc) is 2.41. The fourth-order valence-corrected chi connectivity index (χ4v) is 2.29. The number of hydrogen-bond donors (Lipinski definition) is 0. The highest BCUT2D eigenvalue weighted by molar-refractivity contribution is 6.34. The molecule has 18 heavy (non-hydrogen) atoms. The first-order valence-electron chi connectivity index (χ1n) is 5.62. The second-order valence-corrected chi connectivity index (χ2v) is 4.84. The Morgan fingerprint density at radius 1 is 1.39 bits per heavy atom. The molecule has 0 radical (unpaired) electrons. The zero-order valence-electron chi connectivity index (χ0n) is 9.90. The van der Waals surface area contributed by atoms with Crippen LogP contribution in [0.25, 0.3) is 0 Å². The Morgan fingerprint density at radius 2 is 2.06 bits per heavy atom. The second kappa shape index (κ2) is 5.82. The van der Waals surface area contributed by atoms with Gasteiger partial charge in [-0.2, -0.15) is 0 Å². The summed E-state index contributed by atoms with van der Waals surface area (Å²) in [5, 5.41) is 7.47. The van der Waals surface area contributed by atoms with Gasteiger partial charge < -0.3 is 9.64 Å². The van der Waals surface area contributed by atoms with Crippen LogP contribution in [0.1, 0.15) is 23.2 Å². The fourth-order valence-electron chi connectivity index (χ4n) is 1.97. The van der Waals surface area contributed by atoms with E-state index in [1.54, 1.807) is 12.0 Å². The normalized spacial score (nSPS) is 16.9. The van der Waals surface area contributed by atoms with Crippen LogP contribution in [0, 0.1) is 0 Å². The van der Waals surface area contributed by atoms with Crippen molar-refractivity contribution >= 4 is 29.1 Å². The van der Waals surface area contributed by atoms with Gasteiger partial charge in [0.05, 0.1) is 11.7 Å². The summed E-state index contributed by atoms with van der Waals surface area (Å²) in [6, 6.07) is 1.45. The van der Waals surface area contributed by atoms with Gasteiger partial charge in [0.15, 0.2) is 10.3 Å². The highest BCUT2D eigenvalue weighted by Crippen LogP contribution is 2.20. The zero-order valence-corrected chi connectivity index (χ0v) is 11.4. The lowest BCUT2D eigenvalue weighted by atomic mass is 10.1. The number of carbonyl (C=O) groups excluding carboxylic acids is 1. The molecular formula is C11H13Cl2N3O2. The molecule has 0 spiro atoms. The van der Waals surface area contributed by atoms with E-state index in [4.69, 9.17) is 27.9 Å². The summed E-state index contributed by atoms with van der Waals surface area (Å²) in [4.78, 5) is 14.0. The van der Waals surface area contributed by atoms with Crippen LogP contribution in [0.5, 0.6) is 0 Å². The van der Waals surface area contributed by atoms with Gasteiger partial charge in [0.2, 0.25) is 0 Å². The van der Waals surface area contributed by atoms with Crippen molar-refractivity contribution in [2.45, 2.75) is 18.9 Å². The minimum atomic E-state index is -0.161. The highest BCUT2D eigenvalue weighted by atomic mass is 35.5. The molecule has 7 heteroatoms. The monoisotopic (exact) mass is 289 g/mol. The summed E-state index contributed by atoms with van der Waals surface area (Å²) in [6.07, 6.45) is 1.88. The number of aromatic nitrogens is 2. The summed E-state index contributed by atoms with van der Waals surface area (Å²) in [7, 11) is 1.69. The van der Waals surface area contributed by atoms with E-state index < -0.39 is 0 Å². The molecule has 0 saturated carbocycles. The van der Waals surface area contributed by atoms with E-state index in [-0.39, 0.29) is 22.3 Å². The molecule has 1 aromatic heterocycles. The van der Waals surface area contributed by atoms with Gasteiger partial charge in [0.25, 0.3) is 5.91 Å². The van der Waals surface area contributed by atoms with Crippen LogP contribution in [0.2, 0.25) is 10.3 Å². The first-order chi connectivity index (χ1) is 8.61. The zero-order chi connectivity index (χ0) is 13.1. The maximum absolute atomic E-state index is 12.2. The number of ether oxygens (including phenoxy) is 1. The minimum Gasteiger partial charge on any atom is -0.381 e. The molecule has 1 amide bonds. The van der Waals surface area contributed by atoms with Gasteiger partial charge in [-0.05, 0) is 18.9 Å². The Labute approximate surface area is 115 Å². The number of carbonyl (C=O) groups is 1. The molecule has 5 nitrogen and oxygen atoms in total. The molecule has 1 saturated heterocycles. The Bertz CT molecular complexity index is 448. The van der Waals surface area contributed by atoms with Crippen LogP contribution in [-0.4, -0.2) is 47.3 Å². The summed E-state index contributed by atoms with van der Waals surface area (Å²) >= 11 is 11.6. The molecule has 0 atom stereocenters. The Morgan fingerprint density at radius 3 is 2.67 bits per heavy atom. The van der Waals surface area contributed by atoms with Gasteiger partial charge >= 0.3 is 0 Å². The molecule has 1 fully saturated rings. The van der Waals surface area contributed by atoms with E-state index >= 15 is 0 Å². The van der Waals surface area contributed by atoms with E-state index in [1.807, 2.05) is 0 Å². The summed E-state index contributed by atoms with van der Waals surface area (Å²) in [6.45, 7) is 1.29. The molecule has 1 aliphatic heterocycles. The largest absolute Gasteiger partial charge is 0.381 e. The SMILES string of the molecule is COC1CCN(C(=O)c2cc(Cl)nnc2Cl)CC1. The number of amides is 1. The number of halogens is 2. The van der Waals surface area contributed by atoms with Crippen molar-refractivity contribution in [3.63, 3.8) is 0 Å². The van der Waals surface area contributed by atoms with Crippen LogP contribution in [-0.2, 0) is 4.74 Å². The molecule has 0 unspecified atom stereocenters. The summed E-state index contributed by atoms with van der Waals surface area (Å²) in [5.74, 6) is -0.161.